The van der Waals surface area contributed by atoms with Crippen molar-refractivity contribution in [2.24, 2.45) is 34.0 Å². The SMILES string of the molecule is CC(=O)OC[C@H]1O[C@@H](O[C@H]2C[C@]34C[C@@H]2[C@]2(C)C[C@H](C(=O)C[C@H]3C)[C@]42C)[C@H](OC(C)=O)[C@@H](OC(C)=O)[C@@H]1OC(C)=O. The second-order valence-corrected chi connectivity index (χ2v) is 12.9. The minimum absolute atomic E-state index is 0.0633. The third kappa shape index (κ3) is 4.09. The molecule has 5 rings (SSSR count). The van der Waals surface area contributed by atoms with E-state index in [1.807, 2.05) is 0 Å². The summed E-state index contributed by atoms with van der Waals surface area (Å²) in [5.74, 6) is -1.81. The van der Waals surface area contributed by atoms with Gasteiger partial charge in [-0.25, -0.2) is 0 Å². The van der Waals surface area contributed by atoms with Gasteiger partial charge >= 0.3 is 23.9 Å². The lowest BCUT2D eigenvalue weighted by Crippen LogP contribution is -2.70. The molecule has 0 amide bonds. The van der Waals surface area contributed by atoms with Gasteiger partial charge in [0.25, 0.3) is 0 Å². The first-order valence-corrected chi connectivity index (χ1v) is 14.1. The van der Waals surface area contributed by atoms with E-state index in [9.17, 15) is 24.0 Å². The number of Topliss-reactive ketones (excluding diaryl/α,β-unsaturated/α-hetero) is 1. The zero-order valence-corrected chi connectivity index (χ0v) is 24.2. The van der Waals surface area contributed by atoms with Crippen LogP contribution >= 0.6 is 0 Å². The zero-order valence-electron chi connectivity index (χ0n) is 24.2. The summed E-state index contributed by atoms with van der Waals surface area (Å²) >= 11 is 0. The highest BCUT2D eigenvalue weighted by atomic mass is 16.7. The highest BCUT2D eigenvalue weighted by molar-refractivity contribution is 5.85. The predicted octanol–water partition coefficient (Wildman–Crippen LogP) is 2.51. The molecular weight excluding hydrogens is 524 g/mol. The van der Waals surface area contributed by atoms with Gasteiger partial charge in [0.1, 0.15) is 18.5 Å². The Kier molecular flexibility index (Phi) is 7.09. The quantitative estimate of drug-likeness (QED) is 0.256. The summed E-state index contributed by atoms with van der Waals surface area (Å²) in [7, 11) is 0. The fourth-order valence-electron chi connectivity index (χ4n) is 9.33. The van der Waals surface area contributed by atoms with Gasteiger partial charge in [-0.1, -0.05) is 20.8 Å². The van der Waals surface area contributed by atoms with Crippen molar-refractivity contribution in [1.29, 1.82) is 0 Å². The number of ketones is 1. The number of hydrogen-bond acceptors (Lipinski definition) is 11. The number of rotatable bonds is 7. The number of ether oxygens (including phenoxy) is 6. The molecule has 40 heavy (non-hydrogen) atoms. The standard InChI is InChI=1S/C29H40O11/c1-13-8-20(34)18-9-27(6)19-10-29(13,28(18,27)7)11-21(19)39-26-25(38-17(5)33)24(37-16(4)32)23(36-15(3)31)22(40-26)12-35-14(2)30/h13,18-19,21-26H,8-12H2,1-7H3/t13-,18-,19+,21+,22-,23-,24+,25-,26-,27+,28+,29-/m1/s1. The van der Waals surface area contributed by atoms with Crippen molar-refractivity contribution >= 4 is 29.7 Å². The number of fused-ring (bicyclic) bond motifs is 2. The molecule has 222 valence electrons. The molecule has 0 N–H and O–H groups in total. The lowest BCUT2D eigenvalue weighted by molar-refractivity contribution is -0.332. The summed E-state index contributed by atoms with van der Waals surface area (Å²) in [6.45, 7) is 11.2. The molecule has 2 bridgehead atoms. The van der Waals surface area contributed by atoms with Crippen LogP contribution in [-0.4, -0.2) is 73.1 Å². The Morgan fingerprint density at radius 1 is 0.850 bits per heavy atom. The van der Waals surface area contributed by atoms with Gasteiger partial charge in [0.05, 0.1) is 6.10 Å². The van der Waals surface area contributed by atoms with Gasteiger partial charge < -0.3 is 28.4 Å². The van der Waals surface area contributed by atoms with Crippen LogP contribution in [-0.2, 0) is 52.4 Å². The molecule has 4 aliphatic carbocycles. The van der Waals surface area contributed by atoms with Crippen LogP contribution in [0, 0.1) is 34.0 Å². The summed E-state index contributed by atoms with van der Waals surface area (Å²) < 4.78 is 34.7. The van der Waals surface area contributed by atoms with Gasteiger partial charge in [-0.15, -0.1) is 0 Å². The molecule has 0 unspecified atom stereocenters. The molecule has 0 radical (unpaired) electrons. The zero-order chi connectivity index (χ0) is 29.4. The van der Waals surface area contributed by atoms with Crippen molar-refractivity contribution in [2.45, 2.75) is 111 Å². The maximum Gasteiger partial charge on any atom is 0.303 e. The first kappa shape index (κ1) is 29.0. The van der Waals surface area contributed by atoms with E-state index in [4.69, 9.17) is 28.4 Å². The van der Waals surface area contributed by atoms with Gasteiger partial charge in [0.2, 0.25) is 0 Å². The van der Waals surface area contributed by atoms with Crippen LogP contribution in [0.25, 0.3) is 0 Å². The van der Waals surface area contributed by atoms with Gasteiger partial charge in [-0.05, 0) is 47.3 Å². The van der Waals surface area contributed by atoms with Crippen molar-refractivity contribution in [1.82, 2.24) is 0 Å². The molecule has 0 aromatic heterocycles. The number of hydrogen-bond donors (Lipinski definition) is 0. The van der Waals surface area contributed by atoms with Crippen LogP contribution < -0.4 is 0 Å². The summed E-state index contributed by atoms with van der Waals surface area (Å²) in [5.41, 5.74) is -0.254. The second-order valence-electron chi connectivity index (χ2n) is 12.9. The average molecular weight is 565 g/mol. The number of carbonyl (C=O) groups excluding carboxylic acids is 5. The van der Waals surface area contributed by atoms with E-state index < -0.39 is 54.6 Å². The molecule has 11 nitrogen and oxygen atoms in total. The monoisotopic (exact) mass is 564 g/mol. The summed E-state index contributed by atoms with van der Waals surface area (Å²) in [4.78, 5) is 60.9. The average Bonchev–Trinajstić information content (AvgIpc) is 3.29. The summed E-state index contributed by atoms with van der Waals surface area (Å²) in [6.07, 6.45) is -3.19. The third-order valence-electron chi connectivity index (χ3n) is 11.1. The van der Waals surface area contributed by atoms with Gasteiger partial charge in [-0.2, -0.15) is 0 Å². The van der Waals surface area contributed by atoms with Gasteiger partial charge in [-0.3, -0.25) is 24.0 Å². The summed E-state index contributed by atoms with van der Waals surface area (Å²) in [6, 6.07) is 0. The Labute approximate surface area is 233 Å². The molecular formula is C29H40O11. The third-order valence-corrected chi connectivity index (χ3v) is 11.1. The van der Waals surface area contributed by atoms with E-state index in [0.717, 1.165) is 19.3 Å². The van der Waals surface area contributed by atoms with Crippen LogP contribution in [0.15, 0.2) is 0 Å². The minimum atomic E-state index is -1.26. The highest BCUT2D eigenvalue weighted by Crippen LogP contribution is 2.86. The van der Waals surface area contributed by atoms with Crippen LogP contribution in [0.2, 0.25) is 0 Å². The van der Waals surface area contributed by atoms with E-state index in [1.165, 1.54) is 27.7 Å². The smallest absolute Gasteiger partial charge is 0.303 e. The molecule has 12 atom stereocenters. The van der Waals surface area contributed by atoms with Crippen molar-refractivity contribution in [3.8, 4) is 0 Å². The molecule has 1 saturated heterocycles. The molecule has 0 aromatic rings. The van der Waals surface area contributed by atoms with E-state index >= 15 is 0 Å². The van der Waals surface area contributed by atoms with Crippen molar-refractivity contribution in [3.05, 3.63) is 0 Å². The second kappa shape index (κ2) is 9.79. The van der Waals surface area contributed by atoms with Crippen LogP contribution in [0.1, 0.15) is 74.1 Å². The highest BCUT2D eigenvalue weighted by Gasteiger charge is 2.83. The lowest BCUT2D eigenvalue weighted by atomic mass is 9.32. The van der Waals surface area contributed by atoms with Crippen LogP contribution in [0.4, 0.5) is 0 Å². The van der Waals surface area contributed by atoms with E-state index in [2.05, 4.69) is 20.8 Å². The van der Waals surface area contributed by atoms with E-state index in [-0.39, 0.29) is 46.7 Å². The Bertz CT molecular complexity index is 1120. The van der Waals surface area contributed by atoms with Crippen LogP contribution in [0.3, 0.4) is 0 Å². The molecule has 4 saturated carbocycles. The first-order valence-electron chi connectivity index (χ1n) is 14.1. The molecule has 1 spiro atoms. The Balaban J connectivity index is 1.47. The normalized spacial score (nSPS) is 46.6. The Morgan fingerprint density at radius 3 is 2.05 bits per heavy atom. The van der Waals surface area contributed by atoms with Crippen molar-refractivity contribution in [2.75, 3.05) is 6.61 Å². The summed E-state index contributed by atoms with van der Waals surface area (Å²) in [5, 5.41) is 0. The minimum Gasteiger partial charge on any atom is -0.463 e. The molecule has 1 aliphatic heterocycles. The molecule has 0 aromatic carbocycles. The maximum absolute atomic E-state index is 12.9. The van der Waals surface area contributed by atoms with Gasteiger partial charge in [0, 0.05) is 40.0 Å². The fourth-order valence-corrected chi connectivity index (χ4v) is 9.33. The largest absolute Gasteiger partial charge is 0.463 e. The fraction of sp³-hybridized carbons (Fsp3) is 0.828. The number of esters is 4. The molecule has 5 aliphatic rings. The van der Waals surface area contributed by atoms with Crippen molar-refractivity contribution < 1.29 is 52.4 Å². The molecule has 5 fully saturated rings. The number of carbonyl (C=O) groups is 5. The van der Waals surface area contributed by atoms with Gasteiger partial charge in [0.15, 0.2) is 24.6 Å². The van der Waals surface area contributed by atoms with Crippen molar-refractivity contribution in [3.63, 3.8) is 0 Å². The Morgan fingerprint density at radius 2 is 1.45 bits per heavy atom. The van der Waals surface area contributed by atoms with E-state index in [0.29, 0.717) is 12.2 Å². The maximum atomic E-state index is 12.9. The van der Waals surface area contributed by atoms with E-state index in [1.54, 1.807) is 0 Å². The lowest BCUT2D eigenvalue weighted by Gasteiger charge is -2.71. The van der Waals surface area contributed by atoms with Crippen LogP contribution in [0.5, 0.6) is 0 Å². The predicted molar refractivity (Wildman–Crippen MR) is 135 cm³/mol. The topological polar surface area (TPSA) is 141 Å². The molecule has 1 heterocycles. The first-order chi connectivity index (χ1) is 18.6. The molecule has 11 heteroatoms. The Hall–Kier alpha value is -2.53.